The molecule has 140 valence electrons. The first-order valence-corrected chi connectivity index (χ1v) is 11.3. The summed E-state index contributed by atoms with van der Waals surface area (Å²) in [7, 11) is -3.29. The maximum Gasteiger partial charge on any atom is 0.232 e. The summed E-state index contributed by atoms with van der Waals surface area (Å²) < 4.78 is 25.5. The topological polar surface area (TPSA) is 79.4 Å². The fourth-order valence-corrected chi connectivity index (χ4v) is 5.27. The van der Waals surface area contributed by atoms with Crippen LogP contribution < -0.4 is 9.62 Å². The van der Waals surface area contributed by atoms with E-state index >= 15 is 0 Å². The minimum absolute atomic E-state index is 0.0347. The van der Waals surface area contributed by atoms with E-state index in [2.05, 4.69) is 10.3 Å². The second-order valence-electron chi connectivity index (χ2n) is 7.14. The molecular weight excluding hydrogens is 370 g/mol. The Labute approximate surface area is 158 Å². The lowest BCUT2D eigenvalue weighted by Crippen LogP contribution is -2.34. The lowest BCUT2D eigenvalue weighted by atomic mass is 10.1. The van der Waals surface area contributed by atoms with Gasteiger partial charge in [-0.2, -0.15) is 0 Å². The Morgan fingerprint density at radius 3 is 2.81 bits per heavy atom. The number of sulfonamides is 1. The average molecular weight is 394 g/mol. The van der Waals surface area contributed by atoms with Crippen LogP contribution in [-0.2, 0) is 21.2 Å². The van der Waals surface area contributed by atoms with Gasteiger partial charge in [-0.05, 0) is 37.0 Å². The van der Waals surface area contributed by atoms with E-state index in [4.69, 9.17) is 0 Å². The standard InChI is InChI=1S/C18H23N3O3S2/c1-11(2)7-17(22)20-18-19-15(10-25-18)13-5-6-16-14(9-13)8-12(3)21(16)26(4,23)24/h5-6,9-12H,7-8H2,1-4H3,(H,19,20,22). The smallest absolute Gasteiger partial charge is 0.232 e. The summed E-state index contributed by atoms with van der Waals surface area (Å²) >= 11 is 1.39. The van der Waals surface area contributed by atoms with Crippen LogP contribution in [0.5, 0.6) is 0 Å². The molecule has 1 atom stereocenters. The van der Waals surface area contributed by atoms with Crippen molar-refractivity contribution < 1.29 is 13.2 Å². The molecule has 6 nitrogen and oxygen atoms in total. The quantitative estimate of drug-likeness (QED) is 0.843. The van der Waals surface area contributed by atoms with Crippen molar-refractivity contribution in [3.05, 3.63) is 29.1 Å². The highest BCUT2D eigenvalue weighted by atomic mass is 32.2. The monoisotopic (exact) mass is 393 g/mol. The predicted molar refractivity (Wildman–Crippen MR) is 106 cm³/mol. The molecule has 3 rings (SSSR count). The lowest BCUT2D eigenvalue weighted by molar-refractivity contribution is -0.116. The summed E-state index contributed by atoms with van der Waals surface area (Å²) in [5.74, 6) is 0.262. The van der Waals surface area contributed by atoms with Crippen LogP contribution >= 0.6 is 11.3 Å². The Bertz CT molecular complexity index is 935. The molecule has 0 saturated carbocycles. The van der Waals surface area contributed by atoms with E-state index in [0.717, 1.165) is 22.5 Å². The third-order valence-electron chi connectivity index (χ3n) is 4.23. The van der Waals surface area contributed by atoms with Gasteiger partial charge in [0.25, 0.3) is 0 Å². The number of hydrogen-bond donors (Lipinski definition) is 1. The summed E-state index contributed by atoms with van der Waals surface area (Å²) in [4.78, 5) is 16.4. The zero-order valence-corrected chi connectivity index (χ0v) is 16.9. The summed E-state index contributed by atoms with van der Waals surface area (Å²) in [6.07, 6.45) is 2.38. The second-order valence-corrected chi connectivity index (χ2v) is 9.86. The first-order valence-electron chi connectivity index (χ1n) is 8.53. The number of carbonyl (C=O) groups is 1. The van der Waals surface area contributed by atoms with Crippen molar-refractivity contribution in [2.75, 3.05) is 15.9 Å². The molecule has 0 fully saturated rings. The Morgan fingerprint density at radius 1 is 1.42 bits per heavy atom. The number of amides is 1. The van der Waals surface area contributed by atoms with E-state index in [1.165, 1.54) is 21.9 Å². The van der Waals surface area contributed by atoms with E-state index in [0.29, 0.717) is 23.9 Å². The molecular formula is C18H23N3O3S2. The molecule has 8 heteroatoms. The lowest BCUT2D eigenvalue weighted by Gasteiger charge is -2.21. The van der Waals surface area contributed by atoms with Gasteiger partial charge >= 0.3 is 0 Å². The van der Waals surface area contributed by atoms with Gasteiger partial charge in [0.1, 0.15) is 0 Å². The number of aromatic nitrogens is 1. The van der Waals surface area contributed by atoms with Gasteiger partial charge in [0.05, 0.1) is 17.6 Å². The van der Waals surface area contributed by atoms with Crippen molar-refractivity contribution in [3.8, 4) is 11.3 Å². The second kappa shape index (κ2) is 7.00. The van der Waals surface area contributed by atoms with Gasteiger partial charge in [0, 0.05) is 23.4 Å². The third kappa shape index (κ3) is 3.91. The minimum Gasteiger partial charge on any atom is -0.302 e. The SMILES string of the molecule is CC(C)CC(=O)Nc1nc(-c2ccc3c(c2)CC(C)N3S(C)(=O)=O)cs1. The van der Waals surface area contributed by atoms with Gasteiger partial charge in [0.2, 0.25) is 15.9 Å². The van der Waals surface area contributed by atoms with Gasteiger partial charge in [0.15, 0.2) is 5.13 Å². The van der Waals surface area contributed by atoms with Crippen LogP contribution in [-0.4, -0.2) is 31.6 Å². The van der Waals surface area contributed by atoms with E-state index in [1.54, 1.807) is 0 Å². The molecule has 0 spiro atoms. The molecule has 2 heterocycles. The Morgan fingerprint density at radius 2 is 2.15 bits per heavy atom. The van der Waals surface area contributed by atoms with Crippen molar-refractivity contribution in [1.29, 1.82) is 0 Å². The number of fused-ring (bicyclic) bond motifs is 1. The number of anilines is 2. The molecule has 0 bridgehead atoms. The Hall–Kier alpha value is -1.93. The zero-order chi connectivity index (χ0) is 19.1. The normalized spacial score (nSPS) is 16.8. The number of hydrogen-bond acceptors (Lipinski definition) is 5. The molecule has 1 N–H and O–H groups in total. The van der Waals surface area contributed by atoms with E-state index in [9.17, 15) is 13.2 Å². The van der Waals surface area contributed by atoms with Gasteiger partial charge < -0.3 is 5.32 Å². The minimum atomic E-state index is -3.29. The summed E-state index contributed by atoms with van der Waals surface area (Å²) in [5.41, 5.74) is 3.44. The van der Waals surface area contributed by atoms with Crippen molar-refractivity contribution in [2.45, 2.75) is 39.7 Å². The fraction of sp³-hybridized carbons (Fsp3) is 0.444. The molecule has 26 heavy (non-hydrogen) atoms. The fourth-order valence-electron chi connectivity index (χ4n) is 3.27. The van der Waals surface area contributed by atoms with Crippen LogP contribution in [0.3, 0.4) is 0 Å². The molecule has 0 radical (unpaired) electrons. The molecule has 1 amide bonds. The number of benzene rings is 1. The van der Waals surface area contributed by atoms with Crippen LogP contribution in [0, 0.1) is 5.92 Å². The van der Waals surface area contributed by atoms with E-state index < -0.39 is 10.0 Å². The summed E-state index contributed by atoms with van der Waals surface area (Å²) in [5, 5.41) is 5.31. The molecule has 1 aliphatic rings. The zero-order valence-electron chi connectivity index (χ0n) is 15.3. The summed E-state index contributed by atoms with van der Waals surface area (Å²) in [6, 6.07) is 5.62. The van der Waals surface area contributed by atoms with Crippen LogP contribution in [0.1, 0.15) is 32.8 Å². The maximum absolute atomic E-state index is 12.0. The third-order valence-corrected chi connectivity index (χ3v) is 6.26. The molecule has 0 saturated heterocycles. The summed E-state index contributed by atoms with van der Waals surface area (Å²) in [6.45, 7) is 5.91. The Kier molecular flexibility index (Phi) is 5.07. The van der Waals surface area contributed by atoms with Gasteiger partial charge in [-0.15, -0.1) is 11.3 Å². The number of thiazole rings is 1. The van der Waals surface area contributed by atoms with Crippen LogP contribution in [0.4, 0.5) is 10.8 Å². The maximum atomic E-state index is 12.0. The largest absolute Gasteiger partial charge is 0.302 e. The molecule has 1 aromatic carbocycles. The average Bonchev–Trinajstić information content (AvgIpc) is 3.07. The molecule has 1 aromatic heterocycles. The van der Waals surface area contributed by atoms with Crippen LogP contribution in [0.2, 0.25) is 0 Å². The predicted octanol–water partition coefficient (Wildman–Crippen LogP) is 3.51. The van der Waals surface area contributed by atoms with Crippen molar-refractivity contribution >= 4 is 38.1 Å². The molecule has 1 aliphatic heterocycles. The number of nitrogens with zero attached hydrogens (tertiary/aromatic N) is 2. The van der Waals surface area contributed by atoms with E-state index in [1.807, 2.05) is 44.4 Å². The van der Waals surface area contributed by atoms with Crippen molar-refractivity contribution in [3.63, 3.8) is 0 Å². The molecule has 2 aromatic rings. The van der Waals surface area contributed by atoms with E-state index in [-0.39, 0.29) is 11.9 Å². The number of rotatable bonds is 5. The van der Waals surface area contributed by atoms with Crippen molar-refractivity contribution in [2.24, 2.45) is 5.92 Å². The number of nitrogens with one attached hydrogen (secondary N) is 1. The van der Waals surface area contributed by atoms with Gasteiger partial charge in [-0.25, -0.2) is 13.4 Å². The first-order chi connectivity index (χ1) is 12.1. The molecule has 1 unspecified atom stereocenters. The highest BCUT2D eigenvalue weighted by Gasteiger charge is 2.32. The molecule has 0 aliphatic carbocycles. The van der Waals surface area contributed by atoms with Crippen LogP contribution in [0.15, 0.2) is 23.6 Å². The number of carbonyl (C=O) groups excluding carboxylic acids is 1. The van der Waals surface area contributed by atoms with Crippen molar-refractivity contribution in [1.82, 2.24) is 4.98 Å². The van der Waals surface area contributed by atoms with Crippen LogP contribution in [0.25, 0.3) is 11.3 Å². The van der Waals surface area contributed by atoms with Gasteiger partial charge in [-0.1, -0.05) is 19.9 Å². The van der Waals surface area contributed by atoms with Gasteiger partial charge in [-0.3, -0.25) is 9.10 Å². The highest BCUT2D eigenvalue weighted by Crippen LogP contribution is 2.37. The first kappa shape index (κ1) is 18.8. The highest BCUT2D eigenvalue weighted by molar-refractivity contribution is 7.92. The Balaban J connectivity index is 1.83.